The normalized spacial score (nSPS) is 19.2. The van der Waals surface area contributed by atoms with Gasteiger partial charge in [0.15, 0.2) is 0 Å². The number of hydrogen-bond donors (Lipinski definition) is 4. The van der Waals surface area contributed by atoms with Crippen LogP contribution in [0.4, 0.5) is 13.2 Å². The number of amides is 3. The van der Waals surface area contributed by atoms with E-state index in [2.05, 4.69) is 20.6 Å². The smallest absolute Gasteiger partial charge is 0.246 e. The molecule has 3 aromatic carbocycles. The predicted octanol–water partition coefficient (Wildman–Crippen LogP) is 7.57. The van der Waals surface area contributed by atoms with Crippen molar-refractivity contribution in [2.75, 3.05) is 46.1 Å². The van der Waals surface area contributed by atoms with Crippen LogP contribution in [0.5, 0.6) is 5.75 Å². The quantitative estimate of drug-likeness (QED) is 0.0613. The first kappa shape index (κ1) is 50.5. The predicted molar refractivity (Wildman–Crippen MR) is 255 cm³/mol. The Morgan fingerprint density at radius 1 is 0.985 bits per heavy atom. The van der Waals surface area contributed by atoms with Crippen molar-refractivity contribution in [3.8, 4) is 16.2 Å². The number of para-hydroxylation sites is 1. The minimum Gasteiger partial charge on any atom is -0.491 e. The van der Waals surface area contributed by atoms with Gasteiger partial charge in [0.05, 0.1) is 34.8 Å². The Labute approximate surface area is 399 Å². The zero-order chi connectivity index (χ0) is 48.9. The number of carbonyl (C=O) groups is 3. The van der Waals surface area contributed by atoms with Gasteiger partial charge in [0.2, 0.25) is 17.7 Å². The highest BCUT2D eigenvalue weighted by molar-refractivity contribution is 7.13. The lowest BCUT2D eigenvalue weighted by Gasteiger charge is -2.43. The molecule has 7 rings (SSSR count). The Bertz CT molecular complexity index is 2530. The van der Waals surface area contributed by atoms with Crippen molar-refractivity contribution >= 4 is 40.0 Å². The van der Waals surface area contributed by atoms with Crippen molar-refractivity contribution in [2.24, 2.45) is 5.41 Å². The summed E-state index contributed by atoms with van der Waals surface area (Å²) in [5.41, 5.74) is 4.59. The van der Waals surface area contributed by atoms with Crippen molar-refractivity contribution in [3.05, 3.63) is 106 Å². The molecule has 13 nitrogen and oxygen atoms in total. The molecular formula is C51H63F3N6O7S. The zero-order valence-corrected chi connectivity index (χ0v) is 40.6. The first-order valence-corrected chi connectivity index (χ1v) is 24.0. The number of hydrogen-bond acceptors (Lipinski definition) is 10. The summed E-state index contributed by atoms with van der Waals surface area (Å²) in [7, 11) is 0. The Kier molecular flexibility index (Phi) is 16.0. The van der Waals surface area contributed by atoms with E-state index in [1.807, 2.05) is 67.3 Å². The average molecular weight is 961 g/mol. The molecule has 4 N–H and O–H groups in total. The van der Waals surface area contributed by atoms with Crippen LogP contribution in [-0.4, -0.2) is 119 Å². The maximum Gasteiger partial charge on any atom is 0.246 e. The fourth-order valence-electron chi connectivity index (χ4n) is 9.14. The fourth-order valence-corrected chi connectivity index (χ4v) is 9.95. The Morgan fingerprint density at radius 3 is 2.37 bits per heavy atom. The number of nitrogens with one attached hydrogen (secondary N) is 3. The van der Waals surface area contributed by atoms with Crippen LogP contribution in [0.25, 0.3) is 21.3 Å². The highest BCUT2D eigenvalue weighted by atomic mass is 32.1. The van der Waals surface area contributed by atoms with Crippen LogP contribution >= 0.6 is 11.3 Å². The highest BCUT2D eigenvalue weighted by Crippen LogP contribution is 2.44. The van der Waals surface area contributed by atoms with E-state index in [4.69, 9.17) is 14.2 Å². The number of benzene rings is 3. The number of ether oxygens (including phenoxy) is 3. The van der Waals surface area contributed by atoms with E-state index in [9.17, 15) is 19.5 Å². The van der Waals surface area contributed by atoms with E-state index in [1.54, 1.807) is 37.6 Å². The number of likely N-dealkylation sites (tertiary alicyclic amines) is 1. The molecule has 366 valence electrons. The third-order valence-corrected chi connectivity index (χ3v) is 13.4. The van der Waals surface area contributed by atoms with Crippen LogP contribution in [0.15, 0.2) is 66.2 Å². The molecule has 1 fully saturated rings. The van der Waals surface area contributed by atoms with E-state index >= 15 is 13.2 Å². The van der Waals surface area contributed by atoms with Crippen molar-refractivity contribution in [1.82, 2.24) is 30.4 Å². The summed E-state index contributed by atoms with van der Waals surface area (Å²) >= 11 is 1.56. The van der Waals surface area contributed by atoms with Crippen LogP contribution < -0.4 is 15.4 Å². The number of aromatic amines is 1. The van der Waals surface area contributed by atoms with Crippen LogP contribution in [-0.2, 0) is 36.8 Å². The number of aromatic nitrogens is 2. The molecule has 2 aromatic heterocycles. The second-order valence-electron chi connectivity index (χ2n) is 19.5. The SMILES string of the molecule is Cc1ncsc1-c1ccc(CNC(=O)[C@@H]2C[C@@H](O)CN2C(=O)[C@@H](NC(=O)COCCCOCCOc2cc(F)c([C@@H]3c4[nH]c5ccccc5c4C[C@@H](C)N3CC(C)(C)F)c(F)c2)C(C)(C)C)cc1. The van der Waals surface area contributed by atoms with Crippen molar-refractivity contribution in [3.63, 3.8) is 0 Å². The first-order chi connectivity index (χ1) is 32.3. The van der Waals surface area contributed by atoms with Crippen molar-refractivity contribution < 1.29 is 46.9 Å². The zero-order valence-electron chi connectivity index (χ0n) is 39.8. The number of aliphatic hydroxyl groups is 1. The molecule has 0 bridgehead atoms. The summed E-state index contributed by atoms with van der Waals surface area (Å²) in [5, 5.41) is 17.2. The van der Waals surface area contributed by atoms with Crippen LogP contribution in [0.3, 0.4) is 0 Å². The third-order valence-electron chi connectivity index (χ3n) is 12.4. The lowest BCUT2D eigenvalue weighted by molar-refractivity contribution is -0.144. The molecule has 4 heterocycles. The van der Waals surface area contributed by atoms with Crippen molar-refractivity contribution in [2.45, 2.75) is 110 Å². The maximum absolute atomic E-state index is 16.0. The maximum atomic E-state index is 16.0. The Balaban J connectivity index is 0.844. The molecule has 3 amide bonds. The molecule has 5 aromatic rings. The van der Waals surface area contributed by atoms with E-state index < -0.39 is 64.7 Å². The molecule has 5 atom stereocenters. The lowest BCUT2D eigenvalue weighted by Crippen LogP contribution is -2.58. The highest BCUT2D eigenvalue weighted by Gasteiger charge is 2.45. The van der Waals surface area contributed by atoms with E-state index in [1.165, 1.54) is 18.7 Å². The number of rotatable bonds is 19. The van der Waals surface area contributed by atoms with E-state index in [-0.39, 0.29) is 76.4 Å². The number of thiazole rings is 1. The van der Waals surface area contributed by atoms with Gasteiger partial charge in [-0.25, -0.2) is 18.2 Å². The Morgan fingerprint density at radius 2 is 1.69 bits per heavy atom. The summed E-state index contributed by atoms with van der Waals surface area (Å²) < 4.78 is 64.1. The number of β-amino-alcohol motifs (C(OH)–C–C–N with tert-alkyl or cyclic N) is 1. The monoisotopic (exact) mass is 960 g/mol. The lowest BCUT2D eigenvalue weighted by atomic mass is 9.85. The molecular weight excluding hydrogens is 898 g/mol. The van der Waals surface area contributed by atoms with Gasteiger partial charge < -0.3 is 39.8 Å². The van der Waals surface area contributed by atoms with Crippen LogP contribution in [0.1, 0.15) is 88.5 Å². The molecule has 1 saturated heterocycles. The topological polar surface area (TPSA) is 158 Å². The van der Waals surface area contributed by atoms with Gasteiger partial charge in [0.25, 0.3) is 0 Å². The largest absolute Gasteiger partial charge is 0.491 e. The van der Waals surface area contributed by atoms with Gasteiger partial charge >= 0.3 is 0 Å². The second kappa shape index (κ2) is 21.5. The number of alkyl halides is 1. The molecule has 2 aliphatic heterocycles. The minimum atomic E-state index is -1.61. The van der Waals surface area contributed by atoms with Gasteiger partial charge in [0.1, 0.15) is 48.4 Å². The summed E-state index contributed by atoms with van der Waals surface area (Å²) in [5.74, 6) is -3.00. The molecule has 0 aliphatic carbocycles. The minimum absolute atomic E-state index is 0.00760. The summed E-state index contributed by atoms with van der Waals surface area (Å²) in [4.78, 5) is 52.4. The van der Waals surface area contributed by atoms with E-state index in [0.717, 1.165) is 50.3 Å². The van der Waals surface area contributed by atoms with Gasteiger partial charge in [-0.15, -0.1) is 11.3 Å². The summed E-state index contributed by atoms with van der Waals surface area (Å²) in [6, 6.07) is 14.8. The molecule has 0 unspecified atom stereocenters. The third kappa shape index (κ3) is 12.1. The van der Waals surface area contributed by atoms with Gasteiger partial charge in [0, 0.05) is 79.6 Å². The van der Waals surface area contributed by atoms with Gasteiger partial charge in [-0.3, -0.25) is 19.3 Å². The first-order valence-electron chi connectivity index (χ1n) is 23.2. The van der Waals surface area contributed by atoms with Gasteiger partial charge in [-0.1, -0.05) is 63.2 Å². The number of H-pyrrole nitrogens is 1. The average Bonchev–Trinajstić information content (AvgIpc) is 4.00. The number of aryl methyl sites for hydroxylation is 1. The number of carbonyl (C=O) groups excluding carboxylic acids is 3. The van der Waals surface area contributed by atoms with Crippen molar-refractivity contribution in [1.29, 1.82) is 0 Å². The molecule has 0 spiro atoms. The molecule has 0 radical (unpaired) electrons. The summed E-state index contributed by atoms with van der Waals surface area (Å²) in [6.45, 7) is 12.6. The number of nitrogens with zero attached hydrogens (tertiary/aromatic N) is 3. The van der Waals surface area contributed by atoms with Gasteiger partial charge in [-0.05, 0) is 68.7 Å². The molecule has 0 saturated carbocycles. The standard InChI is InChI=1S/C51H63F3N6O7S/c1-30-21-37-36-11-8-9-12-40(36)57-44(37)45(60(30)28-51(6,7)54)43-38(52)23-35(24-39(43)53)67-20-19-65-17-10-18-66-27-42(62)58-47(50(3,4)5)49(64)59-26-34(61)22-41(59)48(63)55-25-32-13-15-33(16-14-32)46-31(2)56-29-68-46/h8-9,11-16,23-24,29-30,34,41,45,47,57,61H,10,17-22,25-28H2,1-7H3,(H,55,63)(H,58,62)/t30-,34-,41+,45-,47-/m1/s1. The molecule has 68 heavy (non-hydrogen) atoms. The number of aliphatic hydroxyl groups excluding tert-OH is 1. The Hall–Kier alpha value is -5.33. The van der Waals surface area contributed by atoms with Crippen LogP contribution in [0, 0.1) is 24.0 Å². The number of fused-ring (bicyclic) bond motifs is 3. The molecule has 17 heteroatoms. The summed E-state index contributed by atoms with van der Waals surface area (Å²) in [6.07, 6.45) is 0.195. The van der Waals surface area contributed by atoms with E-state index in [0.29, 0.717) is 18.5 Å². The van der Waals surface area contributed by atoms with Crippen LogP contribution in [0.2, 0.25) is 0 Å². The fraction of sp³-hybridized carbons (Fsp3) is 0.490. The molecule has 2 aliphatic rings. The second-order valence-corrected chi connectivity index (χ2v) is 20.4. The number of halogens is 3. The van der Waals surface area contributed by atoms with Gasteiger partial charge in [-0.2, -0.15) is 0 Å².